The predicted octanol–water partition coefficient (Wildman–Crippen LogP) is 4.50. The molecule has 0 N–H and O–H groups in total. The van der Waals surface area contributed by atoms with Crippen molar-refractivity contribution in [3.8, 4) is 0 Å². The van der Waals surface area contributed by atoms with Gasteiger partial charge < -0.3 is 23.5 Å². The molecule has 1 aromatic heterocycles. The van der Waals surface area contributed by atoms with E-state index in [2.05, 4.69) is 15.9 Å². The molecule has 0 radical (unpaired) electrons. The first-order valence-electron chi connectivity index (χ1n) is 8.91. The van der Waals surface area contributed by atoms with Gasteiger partial charge in [0, 0.05) is 12.3 Å². The fourth-order valence-corrected chi connectivity index (χ4v) is 4.88. The minimum atomic E-state index is -0.838. The summed E-state index contributed by atoms with van der Waals surface area (Å²) in [4.78, 5) is 23.0. The summed E-state index contributed by atoms with van der Waals surface area (Å²) in [5.41, 5.74) is 1.07. The van der Waals surface area contributed by atoms with Gasteiger partial charge in [0.25, 0.3) is 0 Å². The molecule has 4 rings (SSSR count). The molecule has 3 heterocycles. The topological polar surface area (TPSA) is 76.0 Å². The molecule has 2 aliphatic heterocycles. The van der Waals surface area contributed by atoms with Crippen LogP contribution in [-0.4, -0.2) is 47.5 Å². The second kappa shape index (κ2) is 7.51. The molecule has 2 aromatic rings. The summed E-state index contributed by atoms with van der Waals surface area (Å²) in [6.45, 7) is 4.97. The summed E-state index contributed by atoms with van der Waals surface area (Å²) in [5.74, 6) is -1.25. The average molecular weight is 507 g/mol. The first-order valence-corrected chi connectivity index (χ1v) is 10.5. The molecule has 2 aliphatic rings. The molecule has 0 aliphatic carbocycles. The zero-order valence-electron chi connectivity index (χ0n) is 15.8. The smallest absolute Gasteiger partial charge is 0.302 e. The van der Waals surface area contributed by atoms with E-state index in [1.165, 1.54) is 6.92 Å². The van der Waals surface area contributed by atoms with Crippen molar-refractivity contribution in [1.29, 1.82) is 0 Å². The van der Waals surface area contributed by atoms with Crippen LogP contribution < -0.4 is 0 Å². The Hall–Kier alpha value is -1.16. The van der Waals surface area contributed by atoms with Gasteiger partial charge in [-0.1, -0.05) is 23.2 Å². The average Bonchev–Trinajstić information content (AvgIpc) is 3.20. The minimum absolute atomic E-state index is 0.0242. The van der Waals surface area contributed by atoms with E-state index >= 15 is 0 Å². The van der Waals surface area contributed by atoms with E-state index in [4.69, 9.17) is 42.1 Å². The molecule has 0 amide bonds. The summed E-state index contributed by atoms with van der Waals surface area (Å²) >= 11 is 15.9. The Morgan fingerprint density at radius 2 is 1.93 bits per heavy atom. The van der Waals surface area contributed by atoms with Crippen LogP contribution in [0, 0.1) is 0 Å². The summed E-state index contributed by atoms with van der Waals surface area (Å²) in [6, 6.07) is 3.32. The number of aromatic nitrogens is 1. The number of ether oxygens (including phenoxy) is 4. The molecule has 0 saturated carbocycles. The lowest BCUT2D eigenvalue weighted by atomic mass is 10.1. The lowest BCUT2D eigenvalue weighted by Crippen LogP contribution is -2.33. The van der Waals surface area contributed by atoms with Crippen LogP contribution in [0.2, 0.25) is 10.0 Å². The zero-order chi connectivity index (χ0) is 21.1. The Bertz CT molecular complexity index is 1010. The second-order valence-electron chi connectivity index (χ2n) is 7.41. The lowest BCUT2D eigenvalue weighted by molar-refractivity contribution is -0.202. The van der Waals surface area contributed by atoms with Crippen LogP contribution in [0.4, 0.5) is 0 Å². The van der Waals surface area contributed by atoms with Crippen LogP contribution >= 0.6 is 39.1 Å². The van der Waals surface area contributed by atoms with E-state index in [-0.39, 0.29) is 6.61 Å². The molecule has 4 atom stereocenters. The van der Waals surface area contributed by atoms with Gasteiger partial charge in [0.2, 0.25) is 0 Å². The van der Waals surface area contributed by atoms with Crippen molar-refractivity contribution in [2.24, 2.45) is 0 Å². The van der Waals surface area contributed by atoms with Gasteiger partial charge in [-0.25, -0.2) is 0 Å². The van der Waals surface area contributed by atoms with Crippen molar-refractivity contribution in [3.05, 3.63) is 32.3 Å². The molecule has 156 valence electrons. The fraction of sp³-hybridized carbons (Fsp3) is 0.474. The van der Waals surface area contributed by atoms with Crippen LogP contribution in [0.25, 0.3) is 10.9 Å². The number of carbonyl (C=O) groups is 2. The normalized spacial score (nSPS) is 27.9. The van der Waals surface area contributed by atoms with Gasteiger partial charge >= 0.3 is 5.97 Å². The fourth-order valence-electron chi connectivity index (χ4n) is 3.86. The van der Waals surface area contributed by atoms with E-state index in [0.717, 1.165) is 6.29 Å². The number of hydrogen-bond donors (Lipinski definition) is 0. The molecule has 1 aromatic carbocycles. The van der Waals surface area contributed by atoms with Crippen molar-refractivity contribution in [3.63, 3.8) is 0 Å². The molecule has 29 heavy (non-hydrogen) atoms. The van der Waals surface area contributed by atoms with Crippen molar-refractivity contribution >= 4 is 62.3 Å². The quantitative estimate of drug-likeness (QED) is 0.448. The third kappa shape index (κ3) is 3.60. The van der Waals surface area contributed by atoms with E-state index in [1.807, 2.05) is 13.8 Å². The van der Waals surface area contributed by atoms with Crippen LogP contribution in [0.1, 0.15) is 37.4 Å². The number of fused-ring (bicyclic) bond motifs is 2. The Kier molecular flexibility index (Phi) is 5.46. The summed E-state index contributed by atoms with van der Waals surface area (Å²) < 4.78 is 25.7. The van der Waals surface area contributed by atoms with Gasteiger partial charge in [-0.3, -0.25) is 9.59 Å². The van der Waals surface area contributed by atoms with Crippen LogP contribution in [0.3, 0.4) is 0 Å². The van der Waals surface area contributed by atoms with Gasteiger partial charge in [0.05, 0.1) is 25.7 Å². The number of hydrogen-bond acceptors (Lipinski definition) is 6. The Labute approximate surface area is 185 Å². The summed E-state index contributed by atoms with van der Waals surface area (Å²) in [5, 5.41) is 1.31. The molecular weight excluding hydrogens is 489 g/mol. The molecule has 7 nitrogen and oxygen atoms in total. The molecule has 2 fully saturated rings. The van der Waals surface area contributed by atoms with E-state index in [9.17, 15) is 9.59 Å². The van der Waals surface area contributed by atoms with Gasteiger partial charge in [-0.2, -0.15) is 0 Å². The predicted molar refractivity (Wildman–Crippen MR) is 109 cm³/mol. The Balaban J connectivity index is 1.82. The number of carbonyl (C=O) groups excluding carboxylic acids is 2. The van der Waals surface area contributed by atoms with Gasteiger partial charge in [0.1, 0.15) is 24.9 Å². The lowest BCUT2D eigenvalue weighted by Gasteiger charge is -2.25. The van der Waals surface area contributed by atoms with E-state index in [0.29, 0.717) is 31.1 Å². The molecule has 0 unspecified atom stereocenters. The maximum Gasteiger partial charge on any atom is 0.302 e. The highest BCUT2D eigenvalue weighted by Crippen LogP contribution is 2.47. The molecule has 0 bridgehead atoms. The number of esters is 1. The highest BCUT2D eigenvalue weighted by atomic mass is 79.9. The Morgan fingerprint density at radius 3 is 2.59 bits per heavy atom. The number of rotatable bonds is 4. The van der Waals surface area contributed by atoms with E-state index in [1.54, 1.807) is 16.7 Å². The van der Waals surface area contributed by atoms with Crippen molar-refractivity contribution < 1.29 is 28.5 Å². The molecule has 10 heteroatoms. The molecular formula is C19H18BrCl2NO6. The van der Waals surface area contributed by atoms with Gasteiger partial charge in [0.15, 0.2) is 18.3 Å². The van der Waals surface area contributed by atoms with Crippen molar-refractivity contribution in [2.45, 2.75) is 51.1 Å². The van der Waals surface area contributed by atoms with Gasteiger partial charge in [-0.05, 0) is 41.9 Å². The van der Waals surface area contributed by atoms with Gasteiger partial charge in [-0.15, -0.1) is 0 Å². The maximum absolute atomic E-state index is 11.8. The second-order valence-corrected chi connectivity index (χ2v) is 8.97. The monoisotopic (exact) mass is 505 g/mol. The maximum atomic E-state index is 11.8. The standard InChI is InChI=1S/C19H18BrCl2NO6/c1-8(25)26-7-14-15-16(29-19(2,3)28-15)18(27-14)23-13-5-12(22)11(21)4-9(13)10(6-24)17(23)20/h4-6,14-16,18H,7H2,1-3H3/t14-,15-,16-,18-/m1/s1. The van der Waals surface area contributed by atoms with Crippen molar-refractivity contribution in [2.75, 3.05) is 6.61 Å². The number of benzene rings is 1. The third-order valence-electron chi connectivity index (χ3n) is 4.97. The zero-order valence-corrected chi connectivity index (χ0v) is 18.9. The number of nitrogens with zero attached hydrogens (tertiary/aromatic N) is 1. The minimum Gasteiger partial charge on any atom is -0.463 e. The summed E-state index contributed by atoms with van der Waals surface area (Å²) in [6.07, 6.45) is -1.40. The highest BCUT2D eigenvalue weighted by Gasteiger charge is 2.56. The number of aldehydes is 1. The van der Waals surface area contributed by atoms with Crippen molar-refractivity contribution in [1.82, 2.24) is 4.57 Å². The molecule has 2 saturated heterocycles. The largest absolute Gasteiger partial charge is 0.463 e. The summed E-state index contributed by atoms with van der Waals surface area (Å²) in [7, 11) is 0. The third-order valence-corrected chi connectivity index (χ3v) is 6.50. The highest BCUT2D eigenvalue weighted by molar-refractivity contribution is 9.10. The van der Waals surface area contributed by atoms with Crippen LogP contribution in [0.5, 0.6) is 0 Å². The first kappa shape index (κ1) is 21.1. The number of halogens is 3. The van der Waals surface area contributed by atoms with E-state index < -0.39 is 36.3 Å². The first-order chi connectivity index (χ1) is 13.6. The van der Waals surface area contributed by atoms with Crippen LogP contribution in [-0.2, 0) is 23.7 Å². The van der Waals surface area contributed by atoms with Crippen LogP contribution in [0.15, 0.2) is 16.7 Å². The SMILES string of the molecule is CC(=O)OC[C@H]1O[C@@H](n2c(Br)c(C=O)c3cc(Cl)c(Cl)cc32)[C@@H]2OC(C)(C)O[C@@H]21. The molecule has 0 spiro atoms. The Morgan fingerprint density at radius 1 is 1.28 bits per heavy atom.